The first-order chi connectivity index (χ1) is 9.51. The van der Waals surface area contributed by atoms with E-state index in [1.165, 1.54) is 66.4 Å². The van der Waals surface area contributed by atoms with Crippen LogP contribution >= 0.6 is 0 Å². The highest BCUT2D eigenvalue weighted by atomic mass is 14.2. The molecule has 0 radical (unpaired) electrons. The summed E-state index contributed by atoms with van der Waals surface area (Å²) in [5, 5.41) is 0. The van der Waals surface area contributed by atoms with Crippen LogP contribution in [0.1, 0.15) is 75.1 Å². The molecule has 0 N–H and O–H groups in total. The maximum atomic E-state index is 4.08. The molecule has 0 aliphatic heterocycles. The van der Waals surface area contributed by atoms with Gasteiger partial charge in [-0.3, -0.25) is 0 Å². The van der Waals surface area contributed by atoms with E-state index in [0.717, 1.165) is 5.92 Å². The third-order valence-electron chi connectivity index (χ3n) is 4.72. The van der Waals surface area contributed by atoms with Crippen molar-refractivity contribution < 1.29 is 0 Å². The molecule has 0 aromatic heterocycles. The van der Waals surface area contributed by atoms with E-state index in [1.54, 1.807) is 0 Å². The van der Waals surface area contributed by atoms with Crippen molar-refractivity contribution in [1.29, 1.82) is 0 Å². The Morgan fingerprint density at radius 1 is 1.10 bits per heavy atom. The molecule has 0 aliphatic rings. The van der Waals surface area contributed by atoms with E-state index in [9.17, 15) is 0 Å². The summed E-state index contributed by atoms with van der Waals surface area (Å²) < 4.78 is 0. The van der Waals surface area contributed by atoms with Crippen molar-refractivity contribution >= 4 is 5.57 Å². The summed E-state index contributed by atoms with van der Waals surface area (Å²) in [4.78, 5) is 0. The summed E-state index contributed by atoms with van der Waals surface area (Å²) in [6.07, 6.45) is 7.98. The van der Waals surface area contributed by atoms with Crippen molar-refractivity contribution in [3.63, 3.8) is 0 Å². The summed E-state index contributed by atoms with van der Waals surface area (Å²) in [6.45, 7) is 15.3. The Bertz CT molecular complexity index is 440. The molecule has 20 heavy (non-hydrogen) atoms. The predicted molar refractivity (Wildman–Crippen MR) is 92.3 cm³/mol. The second kappa shape index (κ2) is 8.29. The van der Waals surface area contributed by atoms with Crippen LogP contribution in [0.2, 0.25) is 0 Å². The highest BCUT2D eigenvalue weighted by molar-refractivity contribution is 5.66. The molecule has 0 saturated carbocycles. The van der Waals surface area contributed by atoms with Gasteiger partial charge in [-0.25, -0.2) is 0 Å². The molecule has 1 aromatic rings. The molecule has 1 atom stereocenters. The molecule has 0 nitrogen and oxygen atoms in total. The summed E-state index contributed by atoms with van der Waals surface area (Å²) >= 11 is 0. The fourth-order valence-corrected chi connectivity index (χ4v) is 3.01. The monoisotopic (exact) mass is 272 g/mol. The standard InChI is InChI=1S/C20H32/c1-7-9-10-18(8-2)11-12-19-13-14-20(15(3)4)17(6)16(19)5/h13-14,18H,3,7-12H2,1-2,4-6H3. The number of aryl methyl sites for hydroxylation is 1. The third kappa shape index (κ3) is 4.51. The smallest absolute Gasteiger partial charge is 0.0201 e. The highest BCUT2D eigenvalue weighted by Gasteiger charge is 2.10. The van der Waals surface area contributed by atoms with Gasteiger partial charge in [0, 0.05) is 0 Å². The fraction of sp³-hybridized carbons (Fsp3) is 0.600. The van der Waals surface area contributed by atoms with E-state index < -0.39 is 0 Å². The van der Waals surface area contributed by atoms with Crippen LogP contribution in [0.5, 0.6) is 0 Å². The topological polar surface area (TPSA) is 0 Å². The maximum Gasteiger partial charge on any atom is -0.0201 e. The van der Waals surface area contributed by atoms with Crippen molar-refractivity contribution in [2.24, 2.45) is 5.92 Å². The lowest BCUT2D eigenvalue weighted by Gasteiger charge is -2.17. The van der Waals surface area contributed by atoms with Crippen molar-refractivity contribution in [3.05, 3.63) is 41.0 Å². The Labute approximate surface area is 126 Å². The summed E-state index contributed by atoms with van der Waals surface area (Å²) in [5.74, 6) is 0.899. The van der Waals surface area contributed by atoms with E-state index in [0.29, 0.717) is 0 Å². The lowest BCUT2D eigenvalue weighted by Crippen LogP contribution is -2.03. The molecule has 0 spiro atoms. The van der Waals surface area contributed by atoms with Crippen LogP contribution in [0.3, 0.4) is 0 Å². The first-order valence-electron chi connectivity index (χ1n) is 8.26. The lowest BCUT2D eigenvalue weighted by molar-refractivity contribution is 0.421. The first kappa shape index (κ1) is 17.0. The Kier molecular flexibility index (Phi) is 7.05. The molecular formula is C20H32. The predicted octanol–water partition coefficient (Wildman–Crippen LogP) is 6.49. The molecule has 0 heteroatoms. The molecule has 1 aromatic carbocycles. The summed E-state index contributed by atoms with van der Waals surface area (Å²) in [5.41, 5.74) is 6.91. The number of benzene rings is 1. The van der Waals surface area contributed by atoms with Crippen LogP contribution < -0.4 is 0 Å². The van der Waals surface area contributed by atoms with Crippen LogP contribution in [0.15, 0.2) is 18.7 Å². The van der Waals surface area contributed by atoms with Gasteiger partial charge in [-0.2, -0.15) is 0 Å². The zero-order chi connectivity index (χ0) is 15.1. The number of hydrogen-bond acceptors (Lipinski definition) is 0. The minimum Gasteiger partial charge on any atom is -0.0955 e. The van der Waals surface area contributed by atoms with E-state index in [4.69, 9.17) is 0 Å². The number of rotatable bonds is 8. The van der Waals surface area contributed by atoms with Crippen molar-refractivity contribution in [1.82, 2.24) is 0 Å². The first-order valence-corrected chi connectivity index (χ1v) is 8.26. The SMILES string of the molecule is C=C(C)c1ccc(CCC(CC)CCCC)c(C)c1C. The molecule has 0 amide bonds. The van der Waals surface area contributed by atoms with Gasteiger partial charge < -0.3 is 0 Å². The average Bonchev–Trinajstić information content (AvgIpc) is 2.43. The lowest BCUT2D eigenvalue weighted by atomic mass is 9.88. The molecular weight excluding hydrogens is 240 g/mol. The van der Waals surface area contributed by atoms with Crippen LogP contribution in [0, 0.1) is 19.8 Å². The quantitative estimate of drug-likeness (QED) is 0.507. The zero-order valence-corrected chi connectivity index (χ0v) is 14.2. The molecule has 0 saturated heterocycles. The van der Waals surface area contributed by atoms with E-state index in [-0.39, 0.29) is 0 Å². The zero-order valence-electron chi connectivity index (χ0n) is 14.2. The molecule has 1 unspecified atom stereocenters. The van der Waals surface area contributed by atoms with Gasteiger partial charge in [-0.05, 0) is 61.8 Å². The highest BCUT2D eigenvalue weighted by Crippen LogP contribution is 2.26. The van der Waals surface area contributed by atoms with Gasteiger partial charge in [-0.15, -0.1) is 0 Å². The third-order valence-corrected chi connectivity index (χ3v) is 4.72. The molecule has 0 aliphatic carbocycles. The average molecular weight is 272 g/mol. The van der Waals surface area contributed by atoms with Crippen molar-refractivity contribution in [2.45, 2.75) is 73.1 Å². The van der Waals surface area contributed by atoms with E-state index in [2.05, 4.69) is 53.3 Å². The minimum absolute atomic E-state index is 0.899. The largest absolute Gasteiger partial charge is 0.0955 e. The van der Waals surface area contributed by atoms with Crippen molar-refractivity contribution in [3.8, 4) is 0 Å². The van der Waals surface area contributed by atoms with Gasteiger partial charge in [0.25, 0.3) is 0 Å². The number of hydrogen-bond donors (Lipinski definition) is 0. The molecule has 1 rings (SSSR count). The molecule has 0 bridgehead atoms. The Morgan fingerprint density at radius 2 is 1.80 bits per heavy atom. The normalized spacial score (nSPS) is 12.4. The second-order valence-electron chi connectivity index (χ2n) is 6.26. The fourth-order valence-electron chi connectivity index (χ4n) is 3.01. The van der Waals surface area contributed by atoms with Crippen LogP contribution in [0.4, 0.5) is 0 Å². The molecule has 112 valence electrons. The van der Waals surface area contributed by atoms with Crippen LogP contribution in [0.25, 0.3) is 5.57 Å². The van der Waals surface area contributed by atoms with Crippen LogP contribution in [-0.4, -0.2) is 0 Å². The van der Waals surface area contributed by atoms with Gasteiger partial charge >= 0.3 is 0 Å². The van der Waals surface area contributed by atoms with E-state index in [1.807, 2.05) is 0 Å². The minimum atomic E-state index is 0.899. The molecule has 0 fully saturated rings. The van der Waals surface area contributed by atoms with Crippen LogP contribution in [-0.2, 0) is 6.42 Å². The van der Waals surface area contributed by atoms with Gasteiger partial charge in [-0.1, -0.05) is 63.8 Å². The molecule has 0 heterocycles. The summed E-state index contributed by atoms with van der Waals surface area (Å²) in [7, 11) is 0. The summed E-state index contributed by atoms with van der Waals surface area (Å²) in [6, 6.07) is 4.58. The van der Waals surface area contributed by atoms with Gasteiger partial charge in [0.05, 0.1) is 0 Å². The van der Waals surface area contributed by atoms with Crippen molar-refractivity contribution in [2.75, 3.05) is 0 Å². The Morgan fingerprint density at radius 3 is 2.35 bits per heavy atom. The number of unbranched alkanes of at least 4 members (excludes halogenated alkanes) is 1. The Hall–Kier alpha value is -1.04. The van der Waals surface area contributed by atoms with Gasteiger partial charge in [0.1, 0.15) is 0 Å². The maximum absolute atomic E-state index is 4.08. The Balaban J connectivity index is 2.73. The van der Waals surface area contributed by atoms with Gasteiger partial charge in [0.2, 0.25) is 0 Å². The van der Waals surface area contributed by atoms with Gasteiger partial charge in [0.15, 0.2) is 0 Å². The second-order valence-corrected chi connectivity index (χ2v) is 6.26. The number of allylic oxidation sites excluding steroid dienone is 1. The van der Waals surface area contributed by atoms with E-state index >= 15 is 0 Å².